The fourth-order valence-electron chi connectivity index (χ4n) is 5.29. The first-order valence-electron chi connectivity index (χ1n) is 13.0. The maximum atomic E-state index is 6.59. The van der Waals surface area contributed by atoms with E-state index < -0.39 is 0 Å². The summed E-state index contributed by atoms with van der Waals surface area (Å²) < 4.78 is 6.21. The molecule has 0 atom stereocenters. The molecule has 0 bridgehead atoms. The van der Waals surface area contributed by atoms with Gasteiger partial charge in [-0.2, -0.15) is 0 Å². The van der Waals surface area contributed by atoms with Crippen molar-refractivity contribution >= 4 is 50.6 Å². The number of nitrogens with zero attached hydrogens (tertiary/aromatic N) is 1. The van der Waals surface area contributed by atoms with Crippen LogP contribution >= 0.6 is 11.6 Å². The summed E-state index contributed by atoms with van der Waals surface area (Å²) in [5, 5.41) is 2.96. The second-order valence-corrected chi connectivity index (χ2v) is 9.93. The van der Waals surface area contributed by atoms with Gasteiger partial charge in [0.25, 0.3) is 0 Å². The second kappa shape index (κ2) is 9.83. The first kappa shape index (κ1) is 23.3. The van der Waals surface area contributed by atoms with Crippen molar-refractivity contribution in [3.05, 3.63) is 151 Å². The van der Waals surface area contributed by atoms with Crippen molar-refractivity contribution < 1.29 is 4.42 Å². The Labute approximate surface area is 232 Å². The van der Waals surface area contributed by atoms with Crippen molar-refractivity contribution in [2.75, 3.05) is 4.90 Å². The summed E-state index contributed by atoms with van der Waals surface area (Å²) in [5.74, 6) is 0. The van der Waals surface area contributed by atoms with Gasteiger partial charge in [-0.15, -0.1) is 0 Å². The Morgan fingerprint density at radius 3 is 1.92 bits per heavy atom. The minimum Gasteiger partial charge on any atom is -0.456 e. The molecular weight excluding hydrogens is 498 g/mol. The molecule has 2 nitrogen and oxygen atoms in total. The number of fused-ring (bicyclic) bond motifs is 3. The van der Waals surface area contributed by atoms with E-state index in [1.165, 1.54) is 0 Å². The van der Waals surface area contributed by atoms with E-state index in [1.807, 2.05) is 48.5 Å². The summed E-state index contributed by atoms with van der Waals surface area (Å²) in [5.41, 5.74) is 9.39. The maximum Gasteiger partial charge on any atom is 0.137 e. The van der Waals surface area contributed by atoms with Gasteiger partial charge < -0.3 is 9.32 Å². The molecule has 0 N–H and O–H groups in total. The number of hydrogen-bond acceptors (Lipinski definition) is 2. The van der Waals surface area contributed by atoms with E-state index in [-0.39, 0.29) is 0 Å². The van der Waals surface area contributed by atoms with Gasteiger partial charge in [-0.1, -0.05) is 103 Å². The van der Waals surface area contributed by atoms with Crippen molar-refractivity contribution in [2.24, 2.45) is 0 Å². The van der Waals surface area contributed by atoms with Gasteiger partial charge in [0, 0.05) is 27.3 Å². The average molecular weight is 522 g/mol. The second-order valence-electron chi connectivity index (χ2n) is 9.53. The molecule has 1 heterocycles. The summed E-state index contributed by atoms with van der Waals surface area (Å²) in [6, 6.07) is 50.2. The molecule has 0 saturated carbocycles. The lowest BCUT2D eigenvalue weighted by atomic mass is 9.98. The minimum absolute atomic E-state index is 0.747. The van der Waals surface area contributed by atoms with E-state index in [1.54, 1.807) is 0 Å². The predicted octanol–water partition coefficient (Wildman–Crippen LogP) is 11.0. The van der Waals surface area contributed by atoms with Crippen LogP contribution in [0.5, 0.6) is 0 Å². The molecule has 7 rings (SSSR count). The summed E-state index contributed by atoms with van der Waals surface area (Å²) in [6.07, 6.45) is 0. The first-order valence-corrected chi connectivity index (χ1v) is 13.3. The molecule has 186 valence electrons. The van der Waals surface area contributed by atoms with Gasteiger partial charge in [0.05, 0.1) is 11.1 Å². The number of rotatable bonds is 5. The number of furan rings is 1. The fourth-order valence-corrected chi connectivity index (χ4v) is 5.52. The standard InChI is InChI=1S/C36H24ClNO/c37-32-23-20-27(24-31(32)26-10-3-1-4-11-26)25-18-21-29(22-19-25)38(28-12-5-2-6-13-28)33-15-9-17-35-36(33)30-14-7-8-16-34(30)39-35/h1-24H. The molecule has 39 heavy (non-hydrogen) atoms. The third-order valence-corrected chi connectivity index (χ3v) is 7.48. The van der Waals surface area contributed by atoms with Crippen molar-refractivity contribution in [1.82, 2.24) is 0 Å². The molecule has 0 amide bonds. The Kier molecular flexibility index (Phi) is 5.88. The quantitative estimate of drug-likeness (QED) is 0.224. The van der Waals surface area contributed by atoms with Crippen molar-refractivity contribution in [1.29, 1.82) is 0 Å². The highest BCUT2D eigenvalue weighted by molar-refractivity contribution is 6.33. The van der Waals surface area contributed by atoms with Crippen LogP contribution in [0.15, 0.2) is 150 Å². The van der Waals surface area contributed by atoms with Crippen LogP contribution in [0.1, 0.15) is 0 Å². The van der Waals surface area contributed by atoms with Crippen LogP contribution in [0, 0.1) is 0 Å². The van der Waals surface area contributed by atoms with Crippen LogP contribution in [0.3, 0.4) is 0 Å². The topological polar surface area (TPSA) is 16.4 Å². The van der Waals surface area contributed by atoms with E-state index in [9.17, 15) is 0 Å². The Hall–Kier alpha value is -4.79. The zero-order chi connectivity index (χ0) is 26.2. The molecule has 0 spiro atoms. The zero-order valence-corrected chi connectivity index (χ0v) is 21.8. The van der Waals surface area contributed by atoms with Crippen LogP contribution in [0.4, 0.5) is 17.1 Å². The Morgan fingerprint density at radius 2 is 1.13 bits per heavy atom. The molecule has 0 aliphatic carbocycles. The lowest BCUT2D eigenvalue weighted by molar-refractivity contribution is 0.669. The highest BCUT2D eigenvalue weighted by Gasteiger charge is 2.19. The third-order valence-electron chi connectivity index (χ3n) is 7.15. The maximum absolute atomic E-state index is 6.59. The Bertz CT molecular complexity index is 1910. The smallest absolute Gasteiger partial charge is 0.137 e. The molecule has 3 heteroatoms. The number of hydrogen-bond donors (Lipinski definition) is 0. The molecule has 0 unspecified atom stereocenters. The van der Waals surface area contributed by atoms with Crippen LogP contribution in [-0.2, 0) is 0 Å². The van der Waals surface area contributed by atoms with E-state index in [2.05, 4.69) is 102 Å². The van der Waals surface area contributed by atoms with Crippen molar-refractivity contribution in [2.45, 2.75) is 0 Å². The van der Waals surface area contributed by atoms with E-state index in [0.29, 0.717) is 0 Å². The number of benzene rings is 6. The number of para-hydroxylation sites is 2. The largest absolute Gasteiger partial charge is 0.456 e. The number of anilines is 3. The van der Waals surface area contributed by atoms with E-state index in [0.717, 1.165) is 66.3 Å². The van der Waals surface area contributed by atoms with E-state index in [4.69, 9.17) is 16.0 Å². The molecule has 7 aromatic rings. The normalized spacial score (nSPS) is 11.2. The summed E-state index contributed by atoms with van der Waals surface area (Å²) in [6.45, 7) is 0. The molecule has 0 radical (unpaired) electrons. The van der Waals surface area contributed by atoms with Crippen LogP contribution in [0.25, 0.3) is 44.2 Å². The van der Waals surface area contributed by atoms with Crippen molar-refractivity contribution in [3.63, 3.8) is 0 Å². The SMILES string of the molecule is Clc1ccc(-c2ccc(N(c3ccccc3)c3cccc4oc5ccccc5c34)cc2)cc1-c1ccccc1. The van der Waals surface area contributed by atoms with Gasteiger partial charge in [0.1, 0.15) is 11.2 Å². The van der Waals surface area contributed by atoms with Gasteiger partial charge in [0.15, 0.2) is 0 Å². The van der Waals surface area contributed by atoms with Crippen LogP contribution < -0.4 is 4.90 Å². The Morgan fingerprint density at radius 1 is 0.487 bits per heavy atom. The minimum atomic E-state index is 0.747. The molecule has 0 saturated heterocycles. The molecule has 0 aliphatic rings. The van der Waals surface area contributed by atoms with Crippen LogP contribution in [-0.4, -0.2) is 0 Å². The number of halogens is 1. The third kappa shape index (κ3) is 4.25. The van der Waals surface area contributed by atoms with Gasteiger partial charge in [-0.3, -0.25) is 0 Å². The lowest BCUT2D eigenvalue weighted by Gasteiger charge is -2.26. The molecule has 0 aliphatic heterocycles. The molecular formula is C36H24ClNO. The summed E-state index contributed by atoms with van der Waals surface area (Å²) >= 11 is 6.59. The lowest BCUT2D eigenvalue weighted by Crippen LogP contribution is -2.10. The monoisotopic (exact) mass is 521 g/mol. The highest BCUT2D eigenvalue weighted by atomic mass is 35.5. The molecule has 1 aromatic heterocycles. The average Bonchev–Trinajstić information content (AvgIpc) is 3.39. The fraction of sp³-hybridized carbons (Fsp3) is 0. The molecule has 6 aromatic carbocycles. The van der Waals surface area contributed by atoms with Gasteiger partial charge >= 0.3 is 0 Å². The van der Waals surface area contributed by atoms with E-state index >= 15 is 0 Å². The predicted molar refractivity (Wildman–Crippen MR) is 164 cm³/mol. The van der Waals surface area contributed by atoms with Gasteiger partial charge in [-0.25, -0.2) is 0 Å². The van der Waals surface area contributed by atoms with Gasteiger partial charge in [-0.05, 0) is 71.3 Å². The van der Waals surface area contributed by atoms with Crippen LogP contribution in [0.2, 0.25) is 5.02 Å². The summed E-state index contributed by atoms with van der Waals surface area (Å²) in [7, 11) is 0. The molecule has 0 fully saturated rings. The first-order chi connectivity index (χ1) is 19.3. The van der Waals surface area contributed by atoms with Crippen molar-refractivity contribution in [3.8, 4) is 22.3 Å². The summed E-state index contributed by atoms with van der Waals surface area (Å²) in [4.78, 5) is 2.30. The highest BCUT2D eigenvalue weighted by Crippen LogP contribution is 2.43. The zero-order valence-electron chi connectivity index (χ0n) is 21.1. The van der Waals surface area contributed by atoms with Gasteiger partial charge in [0.2, 0.25) is 0 Å². The Balaban J connectivity index is 1.35.